The number of hydrogen-bond donors (Lipinski definition) is 2. The monoisotopic (exact) mass is 271 g/mol. The van der Waals surface area contributed by atoms with E-state index < -0.39 is 0 Å². The van der Waals surface area contributed by atoms with Gasteiger partial charge in [-0.15, -0.1) is 0 Å². The molecule has 1 saturated heterocycles. The summed E-state index contributed by atoms with van der Waals surface area (Å²) in [7, 11) is 0. The molecule has 2 aromatic rings. The van der Waals surface area contributed by atoms with Crippen LogP contribution in [-0.2, 0) is 9.53 Å². The quantitative estimate of drug-likeness (QED) is 0.889. The molecule has 1 aliphatic rings. The molecular formula is C15H17N3O2. The summed E-state index contributed by atoms with van der Waals surface area (Å²) >= 11 is 0. The Labute approximate surface area is 117 Å². The number of anilines is 1. The van der Waals surface area contributed by atoms with E-state index in [1.54, 1.807) is 6.20 Å². The van der Waals surface area contributed by atoms with E-state index in [1.807, 2.05) is 30.3 Å². The highest BCUT2D eigenvalue weighted by Crippen LogP contribution is 2.17. The fourth-order valence-corrected chi connectivity index (χ4v) is 2.34. The molecule has 1 atom stereocenters. The van der Waals surface area contributed by atoms with Crippen LogP contribution >= 0.6 is 0 Å². The van der Waals surface area contributed by atoms with Crippen LogP contribution in [0.3, 0.4) is 0 Å². The fourth-order valence-electron chi connectivity index (χ4n) is 2.34. The third kappa shape index (κ3) is 3.12. The molecule has 1 unspecified atom stereocenters. The van der Waals surface area contributed by atoms with E-state index in [2.05, 4.69) is 15.6 Å². The van der Waals surface area contributed by atoms with Crippen LogP contribution in [0.2, 0.25) is 0 Å². The highest BCUT2D eigenvalue weighted by molar-refractivity contribution is 5.93. The maximum absolute atomic E-state index is 12.0. The minimum absolute atomic E-state index is 0.00348. The van der Waals surface area contributed by atoms with Crippen LogP contribution < -0.4 is 10.6 Å². The second-order valence-corrected chi connectivity index (χ2v) is 4.89. The normalized spacial score (nSPS) is 18.9. The average molecular weight is 271 g/mol. The van der Waals surface area contributed by atoms with E-state index >= 15 is 0 Å². The lowest BCUT2D eigenvalue weighted by Crippen LogP contribution is -2.43. The summed E-state index contributed by atoms with van der Waals surface area (Å²) in [5.41, 5.74) is 1.72. The Balaban J connectivity index is 1.64. The van der Waals surface area contributed by atoms with Gasteiger partial charge >= 0.3 is 0 Å². The predicted octanol–water partition coefficient (Wildman–Crippen LogP) is 1.55. The van der Waals surface area contributed by atoms with Crippen molar-refractivity contribution in [1.29, 1.82) is 0 Å². The lowest BCUT2D eigenvalue weighted by molar-refractivity contribution is -0.117. The number of fused-ring (bicyclic) bond motifs is 1. The van der Waals surface area contributed by atoms with Gasteiger partial charge in [-0.05, 0) is 24.3 Å². The number of amides is 1. The summed E-state index contributed by atoms with van der Waals surface area (Å²) in [6.45, 7) is 2.12. The zero-order valence-corrected chi connectivity index (χ0v) is 11.1. The highest BCUT2D eigenvalue weighted by Gasteiger charge is 2.16. The number of rotatable bonds is 3. The number of morpholine rings is 1. The van der Waals surface area contributed by atoms with E-state index in [1.165, 1.54) is 0 Å². The van der Waals surface area contributed by atoms with Gasteiger partial charge in [0, 0.05) is 36.3 Å². The Bertz CT molecular complexity index is 609. The molecule has 2 N–H and O–H groups in total. The van der Waals surface area contributed by atoms with Gasteiger partial charge in [-0.3, -0.25) is 9.78 Å². The van der Waals surface area contributed by atoms with E-state index in [-0.39, 0.29) is 11.9 Å². The summed E-state index contributed by atoms with van der Waals surface area (Å²) in [5, 5.41) is 7.21. The van der Waals surface area contributed by atoms with Crippen LogP contribution in [-0.4, -0.2) is 36.7 Å². The molecule has 5 nitrogen and oxygen atoms in total. The van der Waals surface area contributed by atoms with Gasteiger partial charge in [0.15, 0.2) is 0 Å². The molecule has 20 heavy (non-hydrogen) atoms. The van der Waals surface area contributed by atoms with Crippen LogP contribution in [0.1, 0.15) is 6.42 Å². The van der Waals surface area contributed by atoms with Gasteiger partial charge in [-0.1, -0.05) is 6.07 Å². The van der Waals surface area contributed by atoms with Crippen LogP contribution in [0.15, 0.2) is 36.5 Å². The molecule has 1 aromatic carbocycles. The zero-order valence-electron chi connectivity index (χ0n) is 11.1. The first-order valence-electron chi connectivity index (χ1n) is 6.77. The molecular weight excluding hydrogens is 254 g/mol. The smallest absolute Gasteiger partial charge is 0.226 e. The molecule has 1 fully saturated rings. The number of nitrogens with one attached hydrogen (secondary N) is 2. The van der Waals surface area contributed by atoms with Crippen LogP contribution in [0, 0.1) is 0 Å². The summed E-state index contributed by atoms with van der Waals surface area (Å²) in [6, 6.07) is 9.69. The van der Waals surface area contributed by atoms with E-state index in [0.29, 0.717) is 13.0 Å². The number of pyridine rings is 1. The van der Waals surface area contributed by atoms with Gasteiger partial charge in [0.25, 0.3) is 0 Å². The average Bonchev–Trinajstić information content (AvgIpc) is 2.48. The molecule has 0 bridgehead atoms. The number of aromatic nitrogens is 1. The summed E-state index contributed by atoms with van der Waals surface area (Å²) < 4.78 is 5.34. The Morgan fingerprint density at radius 3 is 3.25 bits per heavy atom. The Morgan fingerprint density at radius 2 is 2.40 bits per heavy atom. The first-order chi connectivity index (χ1) is 9.81. The summed E-state index contributed by atoms with van der Waals surface area (Å²) in [6.07, 6.45) is 2.18. The molecule has 1 aliphatic heterocycles. The number of ether oxygens (including phenoxy) is 1. The summed E-state index contributed by atoms with van der Waals surface area (Å²) in [5.74, 6) is -0.00348. The Hall–Kier alpha value is -1.98. The first kappa shape index (κ1) is 13.0. The first-order valence-corrected chi connectivity index (χ1v) is 6.77. The zero-order chi connectivity index (χ0) is 13.8. The Kier molecular flexibility index (Phi) is 3.90. The molecule has 3 rings (SSSR count). The SMILES string of the molecule is O=C(CC1COCCN1)Nc1ccc2ncccc2c1. The standard InChI is InChI=1S/C15H17N3O2/c19-15(9-13-10-20-7-6-16-13)18-12-3-4-14-11(8-12)2-1-5-17-14/h1-5,8,13,16H,6-7,9-10H2,(H,18,19). The number of hydrogen-bond acceptors (Lipinski definition) is 4. The van der Waals surface area contributed by atoms with Crippen molar-refractivity contribution < 1.29 is 9.53 Å². The third-order valence-electron chi connectivity index (χ3n) is 3.32. The van der Waals surface area contributed by atoms with Crippen molar-refractivity contribution in [3.63, 3.8) is 0 Å². The molecule has 104 valence electrons. The second-order valence-electron chi connectivity index (χ2n) is 4.89. The van der Waals surface area contributed by atoms with Crippen molar-refractivity contribution in [1.82, 2.24) is 10.3 Å². The molecule has 0 spiro atoms. The molecule has 0 radical (unpaired) electrons. The van der Waals surface area contributed by atoms with Gasteiger partial charge in [-0.25, -0.2) is 0 Å². The molecule has 0 aliphatic carbocycles. The molecule has 2 heterocycles. The van der Waals surface area contributed by atoms with Gasteiger partial charge in [0.1, 0.15) is 0 Å². The highest BCUT2D eigenvalue weighted by atomic mass is 16.5. The van der Waals surface area contributed by atoms with Crippen molar-refractivity contribution >= 4 is 22.5 Å². The van der Waals surface area contributed by atoms with Gasteiger partial charge < -0.3 is 15.4 Å². The number of carbonyl (C=O) groups excluding carboxylic acids is 1. The molecule has 1 aromatic heterocycles. The van der Waals surface area contributed by atoms with E-state index in [4.69, 9.17) is 4.74 Å². The topological polar surface area (TPSA) is 63.2 Å². The maximum Gasteiger partial charge on any atom is 0.226 e. The largest absolute Gasteiger partial charge is 0.378 e. The predicted molar refractivity (Wildman–Crippen MR) is 77.6 cm³/mol. The van der Waals surface area contributed by atoms with Crippen LogP contribution in [0.25, 0.3) is 10.9 Å². The number of benzene rings is 1. The second kappa shape index (κ2) is 5.98. The van der Waals surface area contributed by atoms with Gasteiger partial charge in [0.05, 0.1) is 18.7 Å². The van der Waals surface area contributed by atoms with Gasteiger partial charge in [-0.2, -0.15) is 0 Å². The lowest BCUT2D eigenvalue weighted by Gasteiger charge is -2.23. The van der Waals surface area contributed by atoms with E-state index in [0.717, 1.165) is 29.7 Å². The van der Waals surface area contributed by atoms with Gasteiger partial charge in [0.2, 0.25) is 5.91 Å². The minimum Gasteiger partial charge on any atom is -0.378 e. The number of carbonyl (C=O) groups is 1. The third-order valence-corrected chi connectivity index (χ3v) is 3.32. The lowest BCUT2D eigenvalue weighted by atomic mass is 10.1. The van der Waals surface area contributed by atoms with Crippen molar-refractivity contribution in [2.24, 2.45) is 0 Å². The molecule has 0 saturated carbocycles. The van der Waals surface area contributed by atoms with Crippen molar-refractivity contribution in [2.45, 2.75) is 12.5 Å². The van der Waals surface area contributed by atoms with E-state index in [9.17, 15) is 4.79 Å². The van der Waals surface area contributed by atoms with Crippen LogP contribution in [0.5, 0.6) is 0 Å². The minimum atomic E-state index is -0.00348. The van der Waals surface area contributed by atoms with Crippen LogP contribution in [0.4, 0.5) is 5.69 Å². The summed E-state index contributed by atoms with van der Waals surface area (Å²) in [4.78, 5) is 16.3. The fraction of sp³-hybridized carbons (Fsp3) is 0.333. The van der Waals surface area contributed by atoms with Crippen molar-refractivity contribution in [3.05, 3.63) is 36.5 Å². The molecule has 5 heteroatoms. The Morgan fingerprint density at radius 1 is 1.45 bits per heavy atom. The van der Waals surface area contributed by atoms with Crippen molar-refractivity contribution in [2.75, 3.05) is 25.1 Å². The number of nitrogens with zero attached hydrogens (tertiary/aromatic N) is 1. The van der Waals surface area contributed by atoms with Crippen molar-refractivity contribution in [3.8, 4) is 0 Å². The maximum atomic E-state index is 12.0. The molecule has 1 amide bonds.